The van der Waals surface area contributed by atoms with Crippen LogP contribution in [0.15, 0.2) is 87.1 Å². The number of halogens is 5. The third kappa shape index (κ3) is 5.09. The van der Waals surface area contributed by atoms with E-state index in [0.29, 0.717) is 5.56 Å². The van der Waals surface area contributed by atoms with Crippen molar-refractivity contribution in [1.82, 2.24) is 0 Å². The van der Waals surface area contributed by atoms with Crippen LogP contribution in [0.2, 0.25) is 0 Å². The third-order valence-corrected chi connectivity index (χ3v) is 7.17. The normalized spacial score (nSPS) is 15.1. The van der Waals surface area contributed by atoms with Gasteiger partial charge in [0.05, 0.1) is 42.2 Å². The van der Waals surface area contributed by atoms with Crippen molar-refractivity contribution in [2.45, 2.75) is 15.7 Å². The van der Waals surface area contributed by atoms with Crippen molar-refractivity contribution in [3.8, 4) is 6.07 Å². The Kier molecular flexibility index (Phi) is 8.34. The molecule has 1 aliphatic heterocycles. The molecule has 4 rings (SSSR count). The third-order valence-electron chi connectivity index (χ3n) is 6.09. The largest absolute Gasteiger partial charge is 0.466 e. The molecule has 13 heteroatoms. The highest BCUT2D eigenvalue weighted by atomic mass is 32.2. The second-order valence-electron chi connectivity index (χ2n) is 8.33. The Bertz CT molecular complexity index is 1620. The van der Waals surface area contributed by atoms with Gasteiger partial charge >= 0.3 is 11.9 Å². The van der Waals surface area contributed by atoms with Crippen LogP contribution in [-0.2, 0) is 19.1 Å². The molecule has 210 valence electrons. The molecule has 3 aromatic carbocycles. The molecule has 0 saturated heterocycles. The van der Waals surface area contributed by atoms with Crippen LogP contribution in [0.5, 0.6) is 0 Å². The zero-order valence-corrected chi connectivity index (χ0v) is 22.0. The van der Waals surface area contributed by atoms with E-state index in [1.165, 1.54) is 24.3 Å². The summed E-state index contributed by atoms with van der Waals surface area (Å²) in [5.41, 5.74) is 6.27. The zero-order chi connectivity index (χ0) is 30.0. The van der Waals surface area contributed by atoms with Crippen LogP contribution in [0, 0.1) is 40.4 Å². The van der Waals surface area contributed by atoms with E-state index < -0.39 is 51.8 Å². The van der Waals surface area contributed by atoms with Gasteiger partial charge in [-0.05, 0) is 29.8 Å². The number of carbonyl (C=O) groups excluding carboxylic acids is 2. The number of benzene rings is 3. The molecule has 1 atom stereocenters. The van der Waals surface area contributed by atoms with Crippen molar-refractivity contribution in [3.05, 3.63) is 112 Å². The van der Waals surface area contributed by atoms with Crippen molar-refractivity contribution < 1.29 is 41.0 Å². The monoisotopic (exact) mass is 587 g/mol. The number of nitriles is 1. The van der Waals surface area contributed by atoms with Crippen LogP contribution in [0.1, 0.15) is 11.5 Å². The molecule has 2 N–H and O–H groups in total. The van der Waals surface area contributed by atoms with E-state index in [1.807, 2.05) is 6.07 Å². The summed E-state index contributed by atoms with van der Waals surface area (Å²) in [5.74, 6) is -13.7. The van der Waals surface area contributed by atoms with Gasteiger partial charge in [0.2, 0.25) is 5.82 Å². The van der Waals surface area contributed by atoms with Gasteiger partial charge in [0.25, 0.3) is 0 Å². The molecule has 0 aromatic heterocycles. The van der Waals surface area contributed by atoms with E-state index in [2.05, 4.69) is 0 Å². The number of ether oxygens (including phenoxy) is 2. The summed E-state index contributed by atoms with van der Waals surface area (Å²) in [7, 11) is 2.17. The lowest BCUT2D eigenvalue weighted by atomic mass is 9.81. The molecular weight excluding hydrogens is 569 g/mol. The Morgan fingerprint density at radius 2 is 1.39 bits per heavy atom. The molecule has 7 nitrogen and oxygen atoms in total. The van der Waals surface area contributed by atoms with E-state index in [9.17, 15) is 36.8 Å². The molecule has 0 fully saturated rings. The summed E-state index contributed by atoms with van der Waals surface area (Å²) in [6, 6.07) is 15.4. The molecule has 41 heavy (non-hydrogen) atoms. The fraction of sp³-hybridized carbons (Fsp3) is 0.107. The van der Waals surface area contributed by atoms with E-state index in [-0.39, 0.29) is 45.0 Å². The number of hydrogen-bond acceptors (Lipinski definition) is 8. The molecule has 0 spiro atoms. The van der Waals surface area contributed by atoms with Gasteiger partial charge in [0.1, 0.15) is 11.5 Å². The molecule has 1 unspecified atom stereocenters. The van der Waals surface area contributed by atoms with Crippen LogP contribution in [0.25, 0.3) is 0 Å². The lowest BCUT2D eigenvalue weighted by Crippen LogP contribution is -2.40. The highest BCUT2D eigenvalue weighted by Crippen LogP contribution is 2.44. The number of methoxy groups -OCH3 is 2. The minimum atomic E-state index is -2.28. The standard InChI is InChI=1S/C28H18F5N3O4S/c1-39-27(37)18-17(13-6-4-3-5-7-13)16(12-34)26(35)36(24(18)28(38)40-2)14-8-10-15(11-9-14)41-25-22(32)20(30)19(29)21(31)23(25)33/h3-11,17H,35H2,1-2H3. The maximum absolute atomic E-state index is 14.2. The number of allylic oxidation sites excluding steroid dienone is 1. The first kappa shape index (κ1) is 29.2. The smallest absolute Gasteiger partial charge is 0.355 e. The lowest BCUT2D eigenvalue weighted by Gasteiger charge is -2.35. The minimum absolute atomic E-state index is 0.0518. The van der Waals surface area contributed by atoms with Gasteiger partial charge in [-0.15, -0.1) is 0 Å². The SMILES string of the molecule is COC(=O)C1=C(C(=O)OC)N(c2ccc(Sc3c(F)c(F)c(F)c(F)c3F)cc2)C(N)=C(C#N)C1c1ccccc1. The highest BCUT2D eigenvalue weighted by Gasteiger charge is 2.43. The first-order valence-corrected chi connectivity index (χ1v) is 12.3. The van der Waals surface area contributed by atoms with Gasteiger partial charge in [-0.1, -0.05) is 42.1 Å². The summed E-state index contributed by atoms with van der Waals surface area (Å²) in [6.45, 7) is 0. The summed E-state index contributed by atoms with van der Waals surface area (Å²) in [4.78, 5) is 26.2. The van der Waals surface area contributed by atoms with Crippen molar-refractivity contribution in [3.63, 3.8) is 0 Å². The quantitative estimate of drug-likeness (QED) is 0.176. The Morgan fingerprint density at radius 3 is 1.90 bits per heavy atom. The van der Waals surface area contributed by atoms with Gasteiger partial charge in [-0.2, -0.15) is 5.26 Å². The van der Waals surface area contributed by atoms with Gasteiger partial charge in [-0.3, -0.25) is 4.90 Å². The predicted octanol–water partition coefficient (Wildman–Crippen LogP) is 5.43. The van der Waals surface area contributed by atoms with Crippen LogP contribution in [-0.4, -0.2) is 26.2 Å². The van der Waals surface area contributed by atoms with Gasteiger partial charge in [-0.25, -0.2) is 31.5 Å². The summed E-state index contributed by atoms with van der Waals surface area (Å²) >= 11 is 0.269. The number of rotatable bonds is 6. The fourth-order valence-corrected chi connectivity index (χ4v) is 5.10. The van der Waals surface area contributed by atoms with E-state index in [0.717, 1.165) is 19.1 Å². The first-order valence-electron chi connectivity index (χ1n) is 11.5. The molecule has 1 heterocycles. The highest BCUT2D eigenvalue weighted by molar-refractivity contribution is 7.99. The van der Waals surface area contributed by atoms with Crippen molar-refractivity contribution in [2.75, 3.05) is 19.1 Å². The Labute approximate surface area is 234 Å². The molecule has 1 aliphatic rings. The Morgan fingerprint density at radius 1 is 0.854 bits per heavy atom. The number of nitrogens with two attached hydrogens (primary N) is 1. The van der Waals surface area contributed by atoms with Crippen molar-refractivity contribution in [1.29, 1.82) is 5.26 Å². The second kappa shape index (κ2) is 11.7. The average molecular weight is 588 g/mol. The molecule has 0 saturated carbocycles. The fourth-order valence-electron chi connectivity index (χ4n) is 4.24. The van der Waals surface area contributed by atoms with Gasteiger partial charge in [0.15, 0.2) is 23.3 Å². The second-order valence-corrected chi connectivity index (χ2v) is 9.41. The minimum Gasteiger partial charge on any atom is -0.466 e. The Balaban J connectivity index is 1.87. The number of hydrogen-bond donors (Lipinski definition) is 1. The van der Waals surface area contributed by atoms with Crippen LogP contribution >= 0.6 is 11.8 Å². The number of nitrogens with zero attached hydrogens (tertiary/aromatic N) is 2. The average Bonchev–Trinajstić information content (AvgIpc) is 3.00. The first-order chi connectivity index (χ1) is 19.6. The number of anilines is 1. The van der Waals surface area contributed by atoms with Crippen LogP contribution in [0.4, 0.5) is 27.6 Å². The number of esters is 2. The molecule has 0 aliphatic carbocycles. The maximum atomic E-state index is 14.2. The lowest BCUT2D eigenvalue weighted by molar-refractivity contribution is -0.139. The van der Waals surface area contributed by atoms with Gasteiger partial charge in [0, 0.05) is 10.6 Å². The van der Waals surface area contributed by atoms with E-state index in [1.54, 1.807) is 30.3 Å². The van der Waals surface area contributed by atoms with E-state index >= 15 is 0 Å². The predicted molar refractivity (Wildman–Crippen MR) is 136 cm³/mol. The Hall–Kier alpha value is -4.83. The van der Waals surface area contributed by atoms with E-state index in [4.69, 9.17) is 15.2 Å². The zero-order valence-electron chi connectivity index (χ0n) is 21.2. The maximum Gasteiger partial charge on any atom is 0.355 e. The van der Waals surface area contributed by atoms with Crippen LogP contribution in [0.3, 0.4) is 0 Å². The summed E-state index contributed by atoms with van der Waals surface area (Å²) < 4.78 is 79.0. The molecule has 0 amide bonds. The molecular formula is C28H18F5N3O4S. The summed E-state index contributed by atoms with van der Waals surface area (Å²) in [5, 5.41) is 10.1. The van der Waals surface area contributed by atoms with Crippen molar-refractivity contribution >= 4 is 29.4 Å². The number of carbonyl (C=O) groups is 2. The van der Waals surface area contributed by atoms with Crippen molar-refractivity contribution in [2.24, 2.45) is 5.73 Å². The topological polar surface area (TPSA) is 106 Å². The molecule has 0 bridgehead atoms. The van der Waals surface area contributed by atoms with Crippen LogP contribution < -0.4 is 10.6 Å². The summed E-state index contributed by atoms with van der Waals surface area (Å²) in [6.07, 6.45) is 0. The molecule has 0 radical (unpaired) electrons. The molecule has 3 aromatic rings. The van der Waals surface area contributed by atoms with Gasteiger partial charge < -0.3 is 15.2 Å².